The number of hydrogen-bond acceptors (Lipinski definition) is 4. The highest BCUT2D eigenvalue weighted by atomic mass is 127. The number of carbonyl (C=O) groups is 1. The lowest BCUT2D eigenvalue weighted by molar-refractivity contribution is -0.176. The van der Waals surface area contributed by atoms with Gasteiger partial charge in [0.25, 0.3) is 5.91 Å². The molecule has 2 atom stereocenters. The molecule has 1 aromatic carbocycles. The number of guanidine groups is 1. The fraction of sp³-hybridized carbons (Fsp3) is 0.619. The van der Waals surface area contributed by atoms with Crippen LogP contribution in [0.1, 0.15) is 33.6 Å². The molecule has 0 bridgehead atoms. The SMILES string of the molecule is CN=C(NCCCN1C(=O)COc2ccccc21)NC1CC(C)(OC)C1(C)C.I. The van der Waals surface area contributed by atoms with E-state index in [1.54, 1.807) is 19.1 Å². The van der Waals surface area contributed by atoms with Crippen LogP contribution in [-0.2, 0) is 9.53 Å². The average Bonchev–Trinajstić information content (AvgIpc) is 2.70. The van der Waals surface area contributed by atoms with Gasteiger partial charge in [0.2, 0.25) is 0 Å². The van der Waals surface area contributed by atoms with Crippen LogP contribution in [0.5, 0.6) is 5.75 Å². The number of nitrogens with one attached hydrogen (secondary N) is 2. The summed E-state index contributed by atoms with van der Waals surface area (Å²) in [5.41, 5.74) is 0.744. The molecule has 1 fully saturated rings. The molecule has 1 saturated carbocycles. The molecule has 2 N–H and O–H groups in total. The second-order valence-corrected chi connectivity index (χ2v) is 8.21. The number of anilines is 1. The standard InChI is InChI=1S/C21H32N4O3.HI/c1-20(2)17(13-21(20,3)27-5)24-19(22-4)23-11-8-12-25-15-9-6-7-10-16(15)28-14-18(25)26;/h6-7,9-10,17H,8,11-14H2,1-5H3,(H2,22,23,24);1H. The summed E-state index contributed by atoms with van der Waals surface area (Å²) in [7, 11) is 3.55. The van der Waals surface area contributed by atoms with Crippen LogP contribution in [0.3, 0.4) is 0 Å². The molecule has 0 radical (unpaired) electrons. The van der Waals surface area contributed by atoms with E-state index in [4.69, 9.17) is 9.47 Å². The minimum atomic E-state index is -0.117. The molecule has 1 heterocycles. The third-order valence-corrected chi connectivity index (χ3v) is 6.47. The van der Waals surface area contributed by atoms with Gasteiger partial charge in [-0.1, -0.05) is 26.0 Å². The monoisotopic (exact) mass is 516 g/mol. The zero-order valence-corrected chi connectivity index (χ0v) is 20.3. The van der Waals surface area contributed by atoms with Gasteiger partial charge in [-0.2, -0.15) is 0 Å². The first kappa shape index (κ1) is 23.7. The van der Waals surface area contributed by atoms with Crippen LogP contribution in [0.15, 0.2) is 29.3 Å². The van der Waals surface area contributed by atoms with Crippen LogP contribution in [0.2, 0.25) is 0 Å². The molecular formula is C21H33IN4O3. The molecule has 8 heteroatoms. The van der Waals surface area contributed by atoms with Gasteiger partial charge in [0.05, 0.1) is 11.3 Å². The smallest absolute Gasteiger partial charge is 0.265 e. The van der Waals surface area contributed by atoms with Crippen LogP contribution in [-0.4, -0.2) is 57.4 Å². The topological polar surface area (TPSA) is 75.2 Å². The lowest BCUT2D eigenvalue weighted by Crippen LogP contribution is -2.69. The van der Waals surface area contributed by atoms with Crippen molar-refractivity contribution in [1.29, 1.82) is 0 Å². The van der Waals surface area contributed by atoms with Crippen molar-refractivity contribution in [3.05, 3.63) is 24.3 Å². The number of carbonyl (C=O) groups excluding carboxylic acids is 1. The average molecular weight is 516 g/mol. The Hall–Kier alpha value is -1.55. The van der Waals surface area contributed by atoms with Gasteiger partial charge >= 0.3 is 0 Å². The van der Waals surface area contributed by atoms with Crippen LogP contribution in [0.4, 0.5) is 5.69 Å². The van der Waals surface area contributed by atoms with Crippen LogP contribution < -0.4 is 20.3 Å². The Morgan fingerprint density at radius 3 is 2.72 bits per heavy atom. The van der Waals surface area contributed by atoms with E-state index in [0.29, 0.717) is 12.6 Å². The molecule has 1 aromatic rings. The lowest BCUT2D eigenvalue weighted by Gasteiger charge is -2.59. The minimum absolute atomic E-state index is 0. The van der Waals surface area contributed by atoms with E-state index >= 15 is 0 Å². The maximum Gasteiger partial charge on any atom is 0.265 e. The number of rotatable bonds is 6. The highest BCUT2D eigenvalue weighted by Gasteiger charge is 2.58. The Morgan fingerprint density at radius 2 is 2.07 bits per heavy atom. The number of para-hydroxylation sites is 2. The van der Waals surface area contributed by atoms with Gasteiger partial charge in [-0.3, -0.25) is 9.79 Å². The molecule has 1 aliphatic carbocycles. The second-order valence-electron chi connectivity index (χ2n) is 8.21. The number of nitrogens with zero attached hydrogens (tertiary/aromatic N) is 2. The summed E-state index contributed by atoms with van der Waals surface area (Å²) in [6.07, 6.45) is 1.75. The van der Waals surface area contributed by atoms with Gasteiger partial charge in [0.15, 0.2) is 12.6 Å². The fourth-order valence-corrected chi connectivity index (χ4v) is 3.93. The Labute approximate surface area is 190 Å². The predicted molar refractivity (Wildman–Crippen MR) is 126 cm³/mol. The third-order valence-electron chi connectivity index (χ3n) is 6.47. The molecule has 162 valence electrons. The molecule has 2 unspecified atom stereocenters. The number of amides is 1. The highest BCUT2D eigenvalue weighted by molar-refractivity contribution is 14.0. The zero-order valence-electron chi connectivity index (χ0n) is 17.9. The molecule has 29 heavy (non-hydrogen) atoms. The number of halogens is 1. The number of ether oxygens (including phenoxy) is 2. The predicted octanol–water partition coefficient (Wildman–Crippen LogP) is 2.79. The molecule has 0 aromatic heterocycles. The van der Waals surface area contributed by atoms with E-state index in [9.17, 15) is 4.79 Å². The van der Waals surface area contributed by atoms with Crippen molar-refractivity contribution < 1.29 is 14.3 Å². The lowest BCUT2D eigenvalue weighted by atomic mass is 9.56. The molecule has 3 rings (SSSR count). The molecule has 0 saturated heterocycles. The number of benzene rings is 1. The first-order valence-corrected chi connectivity index (χ1v) is 9.87. The van der Waals surface area contributed by atoms with E-state index in [1.807, 2.05) is 24.3 Å². The third kappa shape index (κ3) is 4.63. The Balaban J connectivity index is 0.00000300. The molecule has 0 spiro atoms. The summed E-state index contributed by atoms with van der Waals surface area (Å²) in [5.74, 6) is 1.54. The van der Waals surface area contributed by atoms with Gasteiger partial charge in [-0.05, 0) is 31.9 Å². The van der Waals surface area contributed by atoms with E-state index < -0.39 is 0 Å². The number of fused-ring (bicyclic) bond motifs is 1. The highest BCUT2D eigenvalue weighted by Crippen LogP contribution is 2.51. The van der Waals surface area contributed by atoms with Crippen molar-refractivity contribution in [3.63, 3.8) is 0 Å². The summed E-state index contributed by atoms with van der Waals surface area (Å²) < 4.78 is 11.2. The zero-order chi connectivity index (χ0) is 20.4. The quantitative estimate of drug-likeness (QED) is 0.263. The van der Waals surface area contributed by atoms with Gasteiger partial charge < -0.3 is 25.0 Å². The van der Waals surface area contributed by atoms with E-state index in [1.165, 1.54) is 0 Å². The second kappa shape index (κ2) is 9.51. The van der Waals surface area contributed by atoms with Crippen molar-refractivity contribution in [2.45, 2.75) is 45.3 Å². The van der Waals surface area contributed by atoms with Gasteiger partial charge in [-0.15, -0.1) is 24.0 Å². The molecule has 1 aliphatic heterocycles. The summed E-state index contributed by atoms with van der Waals surface area (Å²) in [6, 6.07) is 7.96. The van der Waals surface area contributed by atoms with Gasteiger partial charge in [0, 0.05) is 38.7 Å². The van der Waals surface area contributed by atoms with Gasteiger partial charge in [0.1, 0.15) is 5.75 Å². The van der Waals surface area contributed by atoms with Crippen molar-refractivity contribution in [3.8, 4) is 5.75 Å². The molecule has 2 aliphatic rings. The minimum Gasteiger partial charge on any atom is -0.482 e. The summed E-state index contributed by atoms with van der Waals surface area (Å²) >= 11 is 0. The summed E-state index contributed by atoms with van der Waals surface area (Å²) in [6.45, 7) is 8.04. The normalized spacial score (nSPS) is 25.3. The summed E-state index contributed by atoms with van der Waals surface area (Å²) in [4.78, 5) is 18.4. The molecular weight excluding hydrogens is 483 g/mol. The van der Waals surface area contributed by atoms with E-state index in [-0.39, 0.29) is 47.5 Å². The first-order valence-electron chi connectivity index (χ1n) is 9.87. The molecule has 7 nitrogen and oxygen atoms in total. The maximum atomic E-state index is 12.2. The largest absolute Gasteiger partial charge is 0.482 e. The van der Waals surface area contributed by atoms with Crippen molar-refractivity contribution >= 4 is 41.5 Å². The first-order chi connectivity index (χ1) is 13.3. The number of hydrogen-bond donors (Lipinski definition) is 2. The van der Waals surface area contributed by atoms with Crippen LogP contribution >= 0.6 is 24.0 Å². The number of aliphatic imine (C=N–C) groups is 1. The van der Waals surface area contributed by atoms with Crippen LogP contribution in [0, 0.1) is 5.41 Å². The summed E-state index contributed by atoms with van der Waals surface area (Å²) in [5, 5.41) is 6.86. The van der Waals surface area contributed by atoms with Crippen molar-refractivity contribution in [1.82, 2.24) is 10.6 Å². The Bertz CT molecular complexity index is 755. The maximum absolute atomic E-state index is 12.2. The van der Waals surface area contributed by atoms with Crippen LogP contribution in [0.25, 0.3) is 0 Å². The van der Waals surface area contributed by atoms with E-state index in [0.717, 1.165) is 36.8 Å². The van der Waals surface area contributed by atoms with Crippen molar-refractivity contribution in [2.75, 3.05) is 38.8 Å². The fourth-order valence-electron chi connectivity index (χ4n) is 3.93. The number of methoxy groups -OCH3 is 1. The molecule has 1 amide bonds. The Morgan fingerprint density at radius 1 is 1.34 bits per heavy atom. The van der Waals surface area contributed by atoms with Crippen molar-refractivity contribution in [2.24, 2.45) is 10.4 Å². The van der Waals surface area contributed by atoms with E-state index in [2.05, 4.69) is 36.4 Å². The van der Waals surface area contributed by atoms with Gasteiger partial charge in [-0.25, -0.2) is 0 Å². The Kier molecular flexibility index (Phi) is 7.78.